The van der Waals surface area contributed by atoms with Crippen LogP contribution in [0, 0.1) is 0 Å². The van der Waals surface area contributed by atoms with E-state index in [2.05, 4.69) is 5.32 Å². The molecule has 0 unspecified atom stereocenters. The van der Waals surface area contributed by atoms with Gasteiger partial charge in [-0.05, 0) is 31.2 Å². The maximum Gasteiger partial charge on any atom is 0.248 e. The molecule has 0 saturated heterocycles. The van der Waals surface area contributed by atoms with Crippen LogP contribution in [0.15, 0.2) is 36.4 Å². The van der Waals surface area contributed by atoms with Gasteiger partial charge in [-0.15, -0.1) is 0 Å². The Labute approximate surface area is 173 Å². The molecule has 0 bridgehead atoms. The second-order valence-corrected chi connectivity index (χ2v) is 8.82. The molecular formula is C18H18Cl2N2O5S. The number of amides is 1. The van der Waals surface area contributed by atoms with E-state index in [0.29, 0.717) is 24.7 Å². The van der Waals surface area contributed by atoms with E-state index in [1.165, 1.54) is 13.0 Å². The highest BCUT2D eigenvalue weighted by molar-refractivity contribution is 7.92. The molecule has 0 fully saturated rings. The number of sulfonamides is 1. The van der Waals surface area contributed by atoms with Crippen molar-refractivity contribution >= 4 is 50.5 Å². The molecule has 3 rings (SSSR count). The fourth-order valence-electron chi connectivity index (χ4n) is 2.82. The summed E-state index contributed by atoms with van der Waals surface area (Å²) in [5.41, 5.74) is 0.498. The third-order valence-electron chi connectivity index (χ3n) is 4.08. The van der Waals surface area contributed by atoms with Gasteiger partial charge in [-0.25, -0.2) is 8.42 Å². The fraction of sp³-hybridized carbons (Fsp3) is 0.278. The number of nitrogens with zero attached hydrogens (tertiary/aromatic N) is 1. The van der Waals surface area contributed by atoms with Crippen LogP contribution in [0.2, 0.25) is 10.0 Å². The Morgan fingerprint density at radius 2 is 1.71 bits per heavy atom. The molecule has 1 amide bonds. The first-order valence-corrected chi connectivity index (χ1v) is 10.9. The first-order chi connectivity index (χ1) is 13.2. The number of benzene rings is 2. The number of carbonyl (C=O) groups excluding carboxylic acids is 1. The highest BCUT2D eigenvalue weighted by Crippen LogP contribution is 2.36. The third kappa shape index (κ3) is 4.29. The van der Waals surface area contributed by atoms with Gasteiger partial charge in [-0.1, -0.05) is 29.3 Å². The molecule has 1 N–H and O–H groups in total. The number of nitrogens with one attached hydrogen (secondary N) is 1. The summed E-state index contributed by atoms with van der Waals surface area (Å²) in [6, 6.07) is 8.40. The van der Waals surface area contributed by atoms with Crippen molar-refractivity contribution in [2.45, 2.75) is 13.0 Å². The van der Waals surface area contributed by atoms with Crippen molar-refractivity contribution in [2.75, 3.05) is 29.1 Å². The minimum absolute atomic E-state index is 0.221. The average Bonchev–Trinajstić information content (AvgIpc) is 2.63. The summed E-state index contributed by atoms with van der Waals surface area (Å²) < 4.78 is 36.9. The molecule has 0 radical (unpaired) electrons. The fourth-order valence-corrected chi connectivity index (χ4v) is 4.48. The summed E-state index contributed by atoms with van der Waals surface area (Å²) >= 11 is 12.2. The maximum atomic E-state index is 12.8. The van der Waals surface area contributed by atoms with Gasteiger partial charge in [0.15, 0.2) is 11.5 Å². The van der Waals surface area contributed by atoms with E-state index < -0.39 is 22.0 Å². The van der Waals surface area contributed by atoms with E-state index in [1.807, 2.05) is 0 Å². The van der Waals surface area contributed by atoms with Crippen LogP contribution in [0.5, 0.6) is 11.5 Å². The Hall–Kier alpha value is -2.16. The Kier molecular flexibility index (Phi) is 5.92. The number of para-hydroxylation sites is 1. The van der Waals surface area contributed by atoms with Crippen LogP contribution >= 0.6 is 23.2 Å². The Bertz CT molecular complexity index is 993. The molecule has 1 atom stereocenters. The molecule has 0 aliphatic carbocycles. The number of fused-ring (bicyclic) bond motifs is 1. The van der Waals surface area contributed by atoms with Crippen molar-refractivity contribution in [3.05, 3.63) is 46.4 Å². The van der Waals surface area contributed by atoms with Crippen LogP contribution in [-0.2, 0) is 14.8 Å². The topological polar surface area (TPSA) is 84.9 Å². The predicted molar refractivity (Wildman–Crippen MR) is 109 cm³/mol. The molecule has 1 heterocycles. The monoisotopic (exact) mass is 444 g/mol. The van der Waals surface area contributed by atoms with E-state index in [9.17, 15) is 13.2 Å². The number of halogens is 2. The summed E-state index contributed by atoms with van der Waals surface area (Å²) in [6.45, 7) is 2.24. The SMILES string of the molecule is C[C@H](C(=O)Nc1c(Cl)cccc1Cl)N(c1ccc2c(c1)OCCO2)S(C)(=O)=O. The van der Waals surface area contributed by atoms with Gasteiger partial charge in [-0.3, -0.25) is 9.10 Å². The molecule has 28 heavy (non-hydrogen) atoms. The van der Waals surface area contributed by atoms with E-state index in [0.717, 1.165) is 10.6 Å². The van der Waals surface area contributed by atoms with E-state index >= 15 is 0 Å². The molecule has 150 valence electrons. The quantitative estimate of drug-likeness (QED) is 0.761. The smallest absolute Gasteiger partial charge is 0.248 e. The van der Waals surface area contributed by atoms with Gasteiger partial charge in [0.2, 0.25) is 15.9 Å². The summed E-state index contributed by atoms with van der Waals surface area (Å²) in [7, 11) is -3.79. The molecule has 7 nitrogen and oxygen atoms in total. The molecular weight excluding hydrogens is 427 g/mol. The summed E-state index contributed by atoms with van der Waals surface area (Å²) in [5.74, 6) is 0.345. The first-order valence-electron chi connectivity index (χ1n) is 8.32. The normalized spacial score (nSPS) is 14.3. The van der Waals surface area contributed by atoms with Gasteiger partial charge in [0.1, 0.15) is 19.3 Å². The van der Waals surface area contributed by atoms with Gasteiger partial charge in [0.05, 0.1) is 27.7 Å². The Morgan fingerprint density at radius 1 is 1.11 bits per heavy atom. The lowest BCUT2D eigenvalue weighted by atomic mass is 10.2. The molecule has 1 aliphatic rings. The second kappa shape index (κ2) is 8.06. The lowest BCUT2D eigenvalue weighted by Crippen LogP contribution is -2.45. The highest BCUT2D eigenvalue weighted by Gasteiger charge is 2.31. The minimum Gasteiger partial charge on any atom is -0.486 e. The molecule has 0 aromatic heterocycles. The molecule has 10 heteroatoms. The van der Waals surface area contributed by atoms with Gasteiger partial charge in [0, 0.05) is 6.07 Å². The van der Waals surface area contributed by atoms with E-state index in [1.54, 1.807) is 30.3 Å². The van der Waals surface area contributed by atoms with Crippen molar-refractivity contribution in [2.24, 2.45) is 0 Å². The molecule has 1 aliphatic heterocycles. The lowest BCUT2D eigenvalue weighted by molar-refractivity contribution is -0.116. The number of carbonyl (C=O) groups is 1. The van der Waals surface area contributed by atoms with E-state index in [4.69, 9.17) is 32.7 Å². The number of hydrogen-bond donors (Lipinski definition) is 1. The molecule has 2 aromatic carbocycles. The molecule has 2 aromatic rings. The summed E-state index contributed by atoms with van der Waals surface area (Å²) in [6.07, 6.45) is 1.02. The van der Waals surface area contributed by atoms with Crippen molar-refractivity contribution < 1.29 is 22.7 Å². The van der Waals surface area contributed by atoms with Crippen LogP contribution in [0.3, 0.4) is 0 Å². The van der Waals surface area contributed by atoms with Gasteiger partial charge >= 0.3 is 0 Å². The number of hydrogen-bond acceptors (Lipinski definition) is 5. The third-order valence-corrected chi connectivity index (χ3v) is 5.95. The van der Waals surface area contributed by atoms with Gasteiger partial charge in [0.25, 0.3) is 0 Å². The van der Waals surface area contributed by atoms with Crippen LogP contribution < -0.4 is 19.1 Å². The molecule has 0 saturated carbocycles. The Morgan fingerprint density at radius 3 is 2.32 bits per heavy atom. The van der Waals surface area contributed by atoms with Crippen molar-refractivity contribution in [3.63, 3.8) is 0 Å². The largest absolute Gasteiger partial charge is 0.486 e. The number of rotatable bonds is 5. The lowest BCUT2D eigenvalue weighted by Gasteiger charge is -2.29. The zero-order valence-electron chi connectivity index (χ0n) is 15.1. The van der Waals surface area contributed by atoms with Crippen LogP contribution in [0.4, 0.5) is 11.4 Å². The number of ether oxygens (including phenoxy) is 2. The van der Waals surface area contributed by atoms with Crippen LogP contribution in [0.1, 0.15) is 6.92 Å². The zero-order valence-corrected chi connectivity index (χ0v) is 17.4. The predicted octanol–water partition coefficient (Wildman–Crippen LogP) is 3.56. The number of anilines is 2. The Balaban J connectivity index is 1.93. The second-order valence-electron chi connectivity index (χ2n) is 6.15. The van der Waals surface area contributed by atoms with Gasteiger partial charge in [-0.2, -0.15) is 0 Å². The minimum atomic E-state index is -3.79. The molecule has 0 spiro atoms. The summed E-state index contributed by atoms with van der Waals surface area (Å²) in [4.78, 5) is 12.8. The highest BCUT2D eigenvalue weighted by atomic mass is 35.5. The maximum absolute atomic E-state index is 12.8. The van der Waals surface area contributed by atoms with Crippen LogP contribution in [-0.4, -0.2) is 39.8 Å². The summed E-state index contributed by atoms with van der Waals surface area (Å²) in [5, 5.41) is 3.09. The van der Waals surface area contributed by atoms with Crippen molar-refractivity contribution in [1.82, 2.24) is 0 Å². The van der Waals surface area contributed by atoms with Crippen LogP contribution in [0.25, 0.3) is 0 Å². The standard InChI is InChI=1S/C18H18Cl2N2O5S/c1-11(18(23)21-17-13(19)4-3-5-14(17)20)22(28(2,24)25)12-6-7-15-16(10-12)27-9-8-26-15/h3-7,10-11H,8-9H2,1-2H3,(H,21,23)/t11-/m1/s1. The van der Waals surface area contributed by atoms with Crippen molar-refractivity contribution in [3.8, 4) is 11.5 Å². The van der Waals surface area contributed by atoms with Gasteiger partial charge < -0.3 is 14.8 Å². The van der Waals surface area contributed by atoms with E-state index in [-0.39, 0.29) is 21.4 Å². The average molecular weight is 445 g/mol. The zero-order chi connectivity index (χ0) is 20.5. The van der Waals surface area contributed by atoms with Crippen molar-refractivity contribution in [1.29, 1.82) is 0 Å². The first kappa shape index (κ1) is 20.6.